The van der Waals surface area contributed by atoms with E-state index < -0.39 is 12.8 Å². The Bertz CT molecular complexity index is 941. The van der Waals surface area contributed by atoms with Crippen molar-refractivity contribution >= 4 is 17.3 Å². The Balaban J connectivity index is 1.29. The molecule has 29 heavy (non-hydrogen) atoms. The molecule has 1 aromatic carbocycles. The molecule has 0 spiro atoms. The Morgan fingerprint density at radius 3 is 2.76 bits per heavy atom. The second-order valence-corrected chi connectivity index (χ2v) is 7.42. The molecule has 1 saturated carbocycles. The third-order valence-electron chi connectivity index (χ3n) is 5.18. The number of carbonyl (C=O) groups excluding carboxylic acids is 1. The SMILES string of the molecule is C[C@@H](NC(=O)[C@H]1C[C@@H]1C1=Nc2ccccc2C1)c1ccc(OCC(F)(F)F)nc1. The fourth-order valence-electron chi connectivity index (χ4n) is 3.52. The molecule has 5 nitrogen and oxygen atoms in total. The molecule has 3 atom stereocenters. The number of carbonyl (C=O) groups is 1. The van der Waals surface area contributed by atoms with Gasteiger partial charge in [0, 0.05) is 36.2 Å². The Hall–Kier alpha value is -2.90. The summed E-state index contributed by atoms with van der Waals surface area (Å²) >= 11 is 0. The number of alkyl halides is 3. The fraction of sp³-hybridized carbons (Fsp3) is 0.381. The van der Waals surface area contributed by atoms with Crippen LogP contribution in [0.3, 0.4) is 0 Å². The van der Waals surface area contributed by atoms with Gasteiger partial charge in [0.05, 0.1) is 11.7 Å². The zero-order valence-electron chi connectivity index (χ0n) is 15.7. The number of pyridine rings is 1. The highest BCUT2D eigenvalue weighted by Crippen LogP contribution is 2.44. The van der Waals surface area contributed by atoms with Gasteiger partial charge < -0.3 is 10.1 Å². The normalized spacial score (nSPS) is 21.2. The minimum atomic E-state index is -4.41. The van der Waals surface area contributed by atoms with Crippen LogP contribution in [0.2, 0.25) is 0 Å². The molecular weight excluding hydrogens is 383 g/mol. The van der Waals surface area contributed by atoms with E-state index in [9.17, 15) is 18.0 Å². The number of rotatable bonds is 6. The molecule has 2 heterocycles. The highest BCUT2D eigenvalue weighted by atomic mass is 19.4. The maximum atomic E-state index is 12.6. The first-order chi connectivity index (χ1) is 13.8. The Kier molecular flexibility index (Phi) is 5.02. The zero-order chi connectivity index (χ0) is 20.6. The standard InChI is InChI=1S/C21H20F3N3O2/c1-12(14-6-7-19(25-10-14)29-11-21(22,23)24)26-20(28)16-9-15(16)18-8-13-4-2-3-5-17(13)27-18/h2-7,10,12,15-16H,8-9,11H2,1H3,(H,26,28)/t12-,15+,16+/m1/s1. The van der Waals surface area contributed by atoms with E-state index in [4.69, 9.17) is 0 Å². The number of benzene rings is 1. The third-order valence-corrected chi connectivity index (χ3v) is 5.18. The lowest BCUT2D eigenvalue weighted by molar-refractivity contribution is -0.154. The predicted octanol–water partition coefficient (Wildman–Crippen LogP) is 4.16. The Labute approximate surface area is 166 Å². The highest BCUT2D eigenvalue weighted by Gasteiger charge is 2.47. The number of nitrogens with zero attached hydrogens (tertiary/aromatic N) is 2. The van der Waals surface area contributed by atoms with Gasteiger partial charge in [-0.3, -0.25) is 9.79 Å². The van der Waals surface area contributed by atoms with E-state index in [1.165, 1.54) is 17.8 Å². The number of aliphatic imine (C=N–C) groups is 1. The summed E-state index contributed by atoms with van der Waals surface area (Å²) in [5, 5.41) is 2.95. The van der Waals surface area contributed by atoms with Crippen molar-refractivity contribution in [2.24, 2.45) is 16.8 Å². The number of aromatic nitrogens is 1. The summed E-state index contributed by atoms with van der Waals surface area (Å²) in [4.78, 5) is 21.1. The van der Waals surface area contributed by atoms with E-state index >= 15 is 0 Å². The van der Waals surface area contributed by atoms with E-state index in [0.717, 1.165) is 24.2 Å². The van der Waals surface area contributed by atoms with Gasteiger partial charge >= 0.3 is 6.18 Å². The van der Waals surface area contributed by atoms with Gasteiger partial charge in [-0.15, -0.1) is 0 Å². The molecular formula is C21H20F3N3O2. The van der Waals surface area contributed by atoms with Gasteiger partial charge in [-0.25, -0.2) is 4.98 Å². The summed E-state index contributed by atoms with van der Waals surface area (Å²) in [6.45, 7) is 0.425. The molecule has 4 rings (SSSR count). The number of hydrogen-bond donors (Lipinski definition) is 1. The molecule has 152 valence electrons. The van der Waals surface area contributed by atoms with Crippen LogP contribution in [0.5, 0.6) is 5.88 Å². The van der Waals surface area contributed by atoms with Crippen molar-refractivity contribution in [1.82, 2.24) is 10.3 Å². The summed E-state index contributed by atoms with van der Waals surface area (Å²) in [7, 11) is 0. The van der Waals surface area contributed by atoms with Crippen LogP contribution < -0.4 is 10.1 Å². The molecule has 0 saturated heterocycles. The first-order valence-corrected chi connectivity index (χ1v) is 9.41. The summed E-state index contributed by atoms with van der Waals surface area (Å²) < 4.78 is 41.2. The Morgan fingerprint density at radius 2 is 2.07 bits per heavy atom. The van der Waals surface area contributed by atoms with Crippen LogP contribution in [0.15, 0.2) is 47.6 Å². The van der Waals surface area contributed by atoms with Crippen LogP contribution in [0.25, 0.3) is 0 Å². The quantitative estimate of drug-likeness (QED) is 0.788. The van der Waals surface area contributed by atoms with Crippen LogP contribution in [0.1, 0.15) is 30.5 Å². The lowest BCUT2D eigenvalue weighted by Gasteiger charge is -2.15. The molecule has 1 fully saturated rings. The van der Waals surface area contributed by atoms with Crippen LogP contribution in [-0.2, 0) is 11.2 Å². The van der Waals surface area contributed by atoms with Gasteiger partial charge in [0.25, 0.3) is 0 Å². The largest absolute Gasteiger partial charge is 0.468 e. The van der Waals surface area contributed by atoms with E-state index in [1.54, 1.807) is 6.07 Å². The first kappa shape index (κ1) is 19.4. The lowest BCUT2D eigenvalue weighted by Crippen LogP contribution is -2.29. The zero-order valence-corrected chi connectivity index (χ0v) is 15.7. The smallest absolute Gasteiger partial charge is 0.422 e. The molecule has 0 bridgehead atoms. The maximum Gasteiger partial charge on any atom is 0.422 e. The summed E-state index contributed by atoms with van der Waals surface area (Å²) in [6, 6.07) is 10.6. The molecule has 1 amide bonds. The van der Waals surface area contributed by atoms with E-state index in [-0.39, 0.29) is 29.7 Å². The van der Waals surface area contributed by atoms with Gasteiger partial charge in [-0.2, -0.15) is 13.2 Å². The molecule has 2 aliphatic rings. The van der Waals surface area contributed by atoms with Crippen LogP contribution >= 0.6 is 0 Å². The maximum absolute atomic E-state index is 12.6. The molecule has 1 aliphatic carbocycles. The van der Waals surface area contributed by atoms with Gasteiger partial charge in [0.1, 0.15) is 0 Å². The molecule has 1 N–H and O–H groups in total. The van der Waals surface area contributed by atoms with Crippen LogP contribution in [-0.4, -0.2) is 29.4 Å². The molecule has 1 aliphatic heterocycles. The number of nitrogens with one attached hydrogen (secondary N) is 1. The number of para-hydroxylation sites is 1. The number of halogens is 3. The average molecular weight is 403 g/mol. The van der Waals surface area contributed by atoms with Gasteiger partial charge in [-0.1, -0.05) is 24.3 Å². The minimum Gasteiger partial charge on any atom is -0.468 e. The van der Waals surface area contributed by atoms with Crippen molar-refractivity contribution < 1.29 is 22.7 Å². The van der Waals surface area contributed by atoms with Crippen molar-refractivity contribution in [3.05, 3.63) is 53.7 Å². The van der Waals surface area contributed by atoms with Gasteiger partial charge in [0.2, 0.25) is 11.8 Å². The first-order valence-electron chi connectivity index (χ1n) is 9.41. The molecule has 1 aromatic heterocycles. The van der Waals surface area contributed by atoms with Crippen molar-refractivity contribution in [3.8, 4) is 5.88 Å². The van der Waals surface area contributed by atoms with Gasteiger partial charge in [0.15, 0.2) is 6.61 Å². The van der Waals surface area contributed by atoms with Crippen LogP contribution in [0, 0.1) is 11.8 Å². The highest BCUT2D eigenvalue weighted by molar-refractivity contribution is 6.01. The average Bonchev–Trinajstić information content (AvgIpc) is 3.38. The predicted molar refractivity (Wildman–Crippen MR) is 101 cm³/mol. The van der Waals surface area contributed by atoms with Crippen molar-refractivity contribution in [2.45, 2.75) is 32.0 Å². The summed E-state index contributed by atoms with van der Waals surface area (Å²) in [5.41, 5.74) is 3.94. The molecule has 8 heteroatoms. The van der Waals surface area contributed by atoms with Crippen molar-refractivity contribution in [2.75, 3.05) is 6.61 Å². The summed E-state index contributed by atoms with van der Waals surface area (Å²) in [6.07, 6.45) is -1.41. The number of fused-ring (bicyclic) bond motifs is 1. The molecule has 0 unspecified atom stereocenters. The molecule has 2 aromatic rings. The fourth-order valence-corrected chi connectivity index (χ4v) is 3.52. The topological polar surface area (TPSA) is 63.6 Å². The number of ether oxygens (including phenoxy) is 1. The third kappa shape index (κ3) is 4.58. The van der Waals surface area contributed by atoms with Crippen molar-refractivity contribution in [1.29, 1.82) is 0 Å². The monoisotopic (exact) mass is 403 g/mol. The van der Waals surface area contributed by atoms with Gasteiger partial charge in [-0.05, 0) is 30.5 Å². The van der Waals surface area contributed by atoms with Crippen molar-refractivity contribution in [3.63, 3.8) is 0 Å². The number of amides is 1. The lowest BCUT2D eigenvalue weighted by atomic mass is 10.1. The second-order valence-electron chi connectivity index (χ2n) is 7.42. The second kappa shape index (κ2) is 7.50. The van der Waals surface area contributed by atoms with E-state index in [1.807, 2.05) is 25.1 Å². The Morgan fingerprint density at radius 1 is 1.28 bits per heavy atom. The molecule has 0 radical (unpaired) electrons. The van der Waals surface area contributed by atoms with E-state index in [2.05, 4.69) is 26.1 Å². The summed E-state index contributed by atoms with van der Waals surface area (Å²) in [5.74, 6) is -0.0667. The van der Waals surface area contributed by atoms with Crippen LogP contribution in [0.4, 0.5) is 18.9 Å². The number of hydrogen-bond acceptors (Lipinski definition) is 4. The van der Waals surface area contributed by atoms with E-state index in [0.29, 0.717) is 5.56 Å². The minimum absolute atomic E-state index is 0.0430.